The van der Waals surface area contributed by atoms with E-state index >= 15 is 0 Å². The van der Waals surface area contributed by atoms with Gasteiger partial charge in [-0.3, -0.25) is 9.67 Å². The molecule has 2 aliphatic heterocycles. The first-order valence-electron chi connectivity index (χ1n) is 11.4. The normalized spacial score (nSPS) is 26.6. The fraction of sp³-hybridized carbons (Fsp3) is 0.542. The topological polar surface area (TPSA) is 92.0 Å². The number of fused-ring (bicyclic) bond motifs is 1. The Morgan fingerprint density at radius 3 is 2.78 bits per heavy atom. The average Bonchev–Trinajstić information content (AvgIpc) is 3.14. The van der Waals surface area contributed by atoms with E-state index in [2.05, 4.69) is 27.7 Å². The zero-order chi connectivity index (χ0) is 22.5. The molecule has 3 aliphatic rings. The molecule has 1 aromatic carbocycles. The minimum Gasteiger partial charge on any atom is -0.444 e. The van der Waals surface area contributed by atoms with Crippen LogP contribution >= 0.6 is 0 Å². The van der Waals surface area contributed by atoms with Gasteiger partial charge in [0.25, 0.3) is 0 Å². The molecule has 8 nitrogen and oxygen atoms in total. The van der Waals surface area contributed by atoms with E-state index in [0.29, 0.717) is 18.5 Å². The molecule has 1 aromatic heterocycles. The number of anilines is 1. The summed E-state index contributed by atoms with van der Waals surface area (Å²) in [5.41, 5.74) is 3.51. The van der Waals surface area contributed by atoms with Crippen molar-refractivity contribution in [2.75, 3.05) is 18.5 Å². The van der Waals surface area contributed by atoms with Gasteiger partial charge in [-0.2, -0.15) is 5.10 Å². The van der Waals surface area contributed by atoms with Crippen LogP contribution in [0, 0.1) is 5.92 Å². The van der Waals surface area contributed by atoms with Crippen molar-refractivity contribution in [3.05, 3.63) is 41.7 Å². The second-order valence-corrected chi connectivity index (χ2v) is 10.1. The fourth-order valence-electron chi connectivity index (χ4n) is 4.57. The number of nitrogens with one attached hydrogen (secondary N) is 1. The van der Waals surface area contributed by atoms with E-state index in [1.54, 1.807) is 4.90 Å². The van der Waals surface area contributed by atoms with Crippen molar-refractivity contribution in [2.24, 2.45) is 10.9 Å². The lowest BCUT2D eigenvalue weighted by molar-refractivity contribution is -0.00573. The van der Waals surface area contributed by atoms with E-state index in [9.17, 15) is 9.90 Å². The first kappa shape index (κ1) is 21.0. The number of likely N-dealkylation sites (tertiary alicyclic amines) is 1. The molecule has 1 aliphatic carbocycles. The molecule has 3 heterocycles. The van der Waals surface area contributed by atoms with Gasteiger partial charge < -0.3 is 20.1 Å². The number of nitrogens with zero attached hydrogens (tertiary/aromatic N) is 4. The summed E-state index contributed by atoms with van der Waals surface area (Å²) in [6, 6.07) is 6.50. The second kappa shape index (κ2) is 7.92. The van der Waals surface area contributed by atoms with Crippen molar-refractivity contribution in [1.82, 2.24) is 14.7 Å². The number of aromatic nitrogens is 2. The van der Waals surface area contributed by atoms with Gasteiger partial charge in [0.2, 0.25) is 0 Å². The summed E-state index contributed by atoms with van der Waals surface area (Å²) >= 11 is 0. The summed E-state index contributed by atoms with van der Waals surface area (Å²) < 4.78 is 7.56. The molecule has 2 aromatic rings. The summed E-state index contributed by atoms with van der Waals surface area (Å²) in [7, 11) is 0. The van der Waals surface area contributed by atoms with Crippen LogP contribution in [0.5, 0.6) is 0 Å². The largest absolute Gasteiger partial charge is 0.444 e. The number of amides is 1. The van der Waals surface area contributed by atoms with E-state index in [1.165, 1.54) is 0 Å². The van der Waals surface area contributed by atoms with Crippen LogP contribution in [0.1, 0.15) is 69.3 Å². The van der Waals surface area contributed by atoms with Crippen LogP contribution in [0.25, 0.3) is 0 Å². The van der Waals surface area contributed by atoms with Crippen LogP contribution in [-0.4, -0.2) is 50.8 Å². The number of carbonyl (C=O) groups excluding carboxylic acids is 1. The highest BCUT2D eigenvalue weighted by Crippen LogP contribution is 2.41. The highest BCUT2D eigenvalue weighted by molar-refractivity contribution is 5.84. The van der Waals surface area contributed by atoms with Gasteiger partial charge >= 0.3 is 6.09 Å². The Hall–Kier alpha value is -2.87. The molecule has 1 amide bonds. The third-order valence-corrected chi connectivity index (χ3v) is 6.55. The van der Waals surface area contributed by atoms with Gasteiger partial charge in [0.15, 0.2) is 0 Å². The zero-order valence-electron chi connectivity index (χ0n) is 18.9. The van der Waals surface area contributed by atoms with Crippen molar-refractivity contribution in [1.29, 1.82) is 0 Å². The molecule has 170 valence electrons. The number of ether oxygens (including phenoxy) is 1. The van der Waals surface area contributed by atoms with Gasteiger partial charge in [-0.25, -0.2) is 4.79 Å². The maximum absolute atomic E-state index is 12.5. The van der Waals surface area contributed by atoms with Crippen LogP contribution in [-0.2, 0) is 4.74 Å². The third kappa shape index (κ3) is 3.99. The summed E-state index contributed by atoms with van der Waals surface area (Å²) in [6.07, 6.45) is 8.50. The molecule has 1 saturated heterocycles. The van der Waals surface area contributed by atoms with E-state index < -0.39 is 5.60 Å². The van der Waals surface area contributed by atoms with Crippen molar-refractivity contribution in [3.8, 4) is 0 Å². The van der Waals surface area contributed by atoms with Crippen LogP contribution in [0.15, 0.2) is 35.6 Å². The maximum atomic E-state index is 12.5. The number of hydrogen-bond acceptors (Lipinski definition) is 6. The molecular formula is C24H31N5O3. The Labute approximate surface area is 188 Å². The lowest BCUT2D eigenvalue weighted by atomic mass is 9.81. The molecule has 32 heavy (non-hydrogen) atoms. The summed E-state index contributed by atoms with van der Waals surface area (Å²) in [5.74, 6) is 0.402. The summed E-state index contributed by atoms with van der Waals surface area (Å²) in [6.45, 7) is 6.63. The van der Waals surface area contributed by atoms with Crippen molar-refractivity contribution < 1.29 is 14.6 Å². The number of aliphatic imine (C=N–C) groups is 1. The minimum atomic E-state index is -0.500. The molecule has 2 N–H and O–H groups in total. The second-order valence-electron chi connectivity index (χ2n) is 10.1. The Kier molecular flexibility index (Phi) is 5.20. The Bertz CT molecular complexity index is 1030. The summed E-state index contributed by atoms with van der Waals surface area (Å²) in [4.78, 5) is 19.0. The lowest BCUT2D eigenvalue weighted by Gasteiger charge is -2.42. The van der Waals surface area contributed by atoms with E-state index in [0.717, 1.165) is 41.8 Å². The highest BCUT2D eigenvalue weighted by Gasteiger charge is 2.37. The molecular weight excluding hydrogens is 406 g/mol. The molecule has 8 heteroatoms. The van der Waals surface area contributed by atoms with Crippen LogP contribution in [0.4, 0.5) is 16.2 Å². The van der Waals surface area contributed by atoms with Crippen LogP contribution < -0.4 is 5.32 Å². The fourth-order valence-corrected chi connectivity index (χ4v) is 4.57. The van der Waals surface area contributed by atoms with Crippen molar-refractivity contribution in [2.45, 2.75) is 63.8 Å². The van der Waals surface area contributed by atoms with E-state index in [1.807, 2.05) is 50.0 Å². The molecule has 0 radical (unpaired) electrons. The van der Waals surface area contributed by atoms with Gasteiger partial charge in [0.05, 0.1) is 35.7 Å². The van der Waals surface area contributed by atoms with Crippen LogP contribution in [0.3, 0.4) is 0 Å². The molecule has 2 atom stereocenters. The SMILES string of the molecule is CC(C)(C)OC(=O)N1CCC1c1ccc2c(c1)NC(c1cnn(C3CC(CO)C3)c1)C=N2. The van der Waals surface area contributed by atoms with Crippen molar-refractivity contribution in [3.63, 3.8) is 0 Å². The first-order chi connectivity index (χ1) is 15.3. The van der Waals surface area contributed by atoms with Gasteiger partial charge in [0.1, 0.15) is 5.60 Å². The quantitative estimate of drug-likeness (QED) is 0.741. The predicted octanol–water partition coefficient (Wildman–Crippen LogP) is 4.38. The predicted molar refractivity (Wildman–Crippen MR) is 122 cm³/mol. The van der Waals surface area contributed by atoms with E-state index in [4.69, 9.17) is 4.74 Å². The molecule has 5 rings (SSSR count). The maximum Gasteiger partial charge on any atom is 0.410 e. The van der Waals surface area contributed by atoms with Gasteiger partial charge in [-0.05, 0) is 63.6 Å². The van der Waals surface area contributed by atoms with Gasteiger partial charge in [-0.15, -0.1) is 0 Å². The molecule has 0 bridgehead atoms. The lowest BCUT2D eigenvalue weighted by Crippen LogP contribution is -2.47. The highest BCUT2D eigenvalue weighted by atomic mass is 16.6. The smallest absolute Gasteiger partial charge is 0.410 e. The monoisotopic (exact) mass is 437 g/mol. The van der Waals surface area contributed by atoms with Gasteiger partial charge in [-0.1, -0.05) is 6.07 Å². The third-order valence-electron chi connectivity index (χ3n) is 6.55. The first-order valence-corrected chi connectivity index (χ1v) is 11.4. The van der Waals surface area contributed by atoms with Crippen molar-refractivity contribution >= 4 is 23.7 Å². The molecule has 0 spiro atoms. The standard InChI is InChI=1S/C24H31N5O3/c1-24(2,3)32-23(31)28-7-6-22(28)16-4-5-19-20(10-16)27-21(12-25-19)17-11-26-29(13-17)18-8-15(9-18)14-30/h4-5,10-13,15,18,21-22,27,30H,6-9,14H2,1-3H3. The molecule has 2 unspecified atom stereocenters. The Morgan fingerprint density at radius 2 is 2.09 bits per heavy atom. The van der Waals surface area contributed by atoms with Crippen LogP contribution in [0.2, 0.25) is 0 Å². The average molecular weight is 438 g/mol. The number of benzene rings is 1. The van der Waals surface area contributed by atoms with Gasteiger partial charge in [0, 0.05) is 31.1 Å². The summed E-state index contributed by atoms with van der Waals surface area (Å²) in [5, 5.41) is 17.4. The Balaban J connectivity index is 1.28. The number of aliphatic hydroxyl groups excluding tert-OH is 1. The Morgan fingerprint density at radius 1 is 1.28 bits per heavy atom. The van der Waals surface area contributed by atoms with E-state index in [-0.39, 0.29) is 24.8 Å². The number of rotatable bonds is 4. The molecule has 2 fully saturated rings. The number of hydrogen-bond donors (Lipinski definition) is 2. The number of aliphatic hydroxyl groups is 1. The zero-order valence-corrected chi connectivity index (χ0v) is 18.9. The molecule has 1 saturated carbocycles. The minimum absolute atomic E-state index is 0.0298. The number of carbonyl (C=O) groups is 1.